The van der Waals surface area contributed by atoms with Crippen LogP contribution in [0.15, 0.2) is 47.4 Å². The molecule has 1 heterocycles. The summed E-state index contributed by atoms with van der Waals surface area (Å²) in [5.74, 6) is 0.304. The standard InChI is InChI=1S/C19H15ClN2O4S2/c1-25-14-8-5-12(15(10-14)26-2)9-16-18(24)22(19(27)28-16)21-17(23)11-3-6-13(20)7-4-11/h3-10H,1-2H3,(H,21,23)/b16-9-. The Morgan fingerprint density at radius 1 is 1.18 bits per heavy atom. The van der Waals surface area contributed by atoms with E-state index in [-0.39, 0.29) is 4.32 Å². The van der Waals surface area contributed by atoms with E-state index in [2.05, 4.69) is 5.43 Å². The number of ether oxygens (including phenoxy) is 2. The lowest BCUT2D eigenvalue weighted by atomic mass is 10.1. The van der Waals surface area contributed by atoms with Gasteiger partial charge in [0.2, 0.25) is 0 Å². The number of hydrogen-bond acceptors (Lipinski definition) is 6. The van der Waals surface area contributed by atoms with E-state index in [4.69, 9.17) is 33.3 Å². The molecule has 0 bridgehead atoms. The Bertz CT molecular complexity index is 976. The van der Waals surface area contributed by atoms with Crippen molar-refractivity contribution < 1.29 is 19.1 Å². The zero-order valence-electron chi connectivity index (χ0n) is 14.9. The van der Waals surface area contributed by atoms with Crippen LogP contribution in [0, 0.1) is 0 Å². The first-order valence-electron chi connectivity index (χ1n) is 7.99. The maximum absolute atomic E-state index is 12.7. The maximum atomic E-state index is 12.7. The van der Waals surface area contributed by atoms with Crippen LogP contribution < -0.4 is 14.9 Å². The summed E-state index contributed by atoms with van der Waals surface area (Å²) in [5, 5.41) is 1.57. The molecule has 2 aromatic rings. The number of carbonyl (C=O) groups is 2. The van der Waals surface area contributed by atoms with Crippen LogP contribution in [0.5, 0.6) is 11.5 Å². The largest absolute Gasteiger partial charge is 0.497 e. The van der Waals surface area contributed by atoms with Crippen LogP contribution in [0.4, 0.5) is 0 Å². The minimum Gasteiger partial charge on any atom is -0.497 e. The van der Waals surface area contributed by atoms with E-state index in [1.165, 1.54) is 7.11 Å². The highest BCUT2D eigenvalue weighted by Gasteiger charge is 2.34. The molecule has 0 saturated carbocycles. The van der Waals surface area contributed by atoms with E-state index in [0.717, 1.165) is 16.8 Å². The fourth-order valence-corrected chi connectivity index (χ4v) is 3.71. The predicted octanol–water partition coefficient (Wildman–Crippen LogP) is 3.90. The number of thiocarbonyl (C=S) groups is 1. The lowest BCUT2D eigenvalue weighted by Crippen LogP contribution is -2.44. The van der Waals surface area contributed by atoms with E-state index in [0.29, 0.717) is 32.6 Å². The first-order chi connectivity index (χ1) is 13.4. The van der Waals surface area contributed by atoms with Crippen LogP contribution in [0.25, 0.3) is 6.08 Å². The van der Waals surface area contributed by atoms with Gasteiger partial charge in [0.1, 0.15) is 11.5 Å². The Morgan fingerprint density at radius 2 is 1.89 bits per heavy atom. The van der Waals surface area contributed by atoms with Crippen molar-refractivity contribution in [1.29, 1.82) is 0 Å². The van der Waals surface area contributed by atoms with Gasteiger partial charge < -0.3 is 9.47 Å². The summed E-state index contributed by atoms with van der Waals surface area (Å²) >= 11 is 12.2. The molecular formula is C19H15ClN2O4S2. The molecule has 6 nitrogen and oxygen atoms in total. The van der Waals surface area contributed by atoms with Crippen LogP contribution >= 0.6 is 35.6 Å². The summed E-state index contributed by atoms with van der Waals surface area (Å²) in [6.07, 6.45) is 1.66. The number of nitrogens with zero attached hydrogens (tertiary/aromatic N) is 1. The van der Waals surface area contributed by atoms with Gasteiger partial charge in [0.15, 0.2) is 4.32 Å². The highest BCUT2D eigenvalue weighted by molar-refractivity contribution is 8.26. The molecule has 0 radical (unpaired) electrons. The Labute approximate surface area is 176 Å². The second kappa shape index (κ2) is 8.64. The quantitative estimate of drug-likeness (QED) is 0.568. The van der Waals surface area contributed by atoms with Crippen molar-refractivity contribution in [3.8, 4) is 11.5 Å². The van der Waals surface area contributed by atoms with Crippen LogP contribution in [0.3, 0.4) is 0 Å². The lowest BCUT2D eigenvalue weighted by Gasteiger charge is -2.15. The molecule has 1 aliphatic rings. The second-order valence-corrected chi connectivity index (χ2v) is 7.69. The smallest absolute Gasteiger partial charge is 0.285 e. The lowest BCUT2D eigenvalue weighted by molar-refractivity contribution is -0.123. The number of amides is 2. The minimum atomic E-state index is -0.462. The Kier molecular flexibility index (Phi) is 6.23. The topological polar surface area (TPSA) is 67.9 Å². The second-order valence-electron chi connectivity index (χ2n) is 5.57. The molecule has 0 aliphatic carbocycles. The molecule has 2 amide bonds. The number of nitrogens with one attached hydrogen (secondary N) is 1. The summed E-state index contributed by atoms with van der Waals surface area (Å²) < 4.78 is 10.7. The third-order valence-corrected chi connectivity index (χ3v) is 5.39. The van der Waals surface area contributed by atoms with Gasteiger partial charge in [-0.1, -0.05) is 23.4 Å². The van der Waals surface area contributed by atoms with E-state index >= 15 is 0 Å². The van der Waals surface area contributed by atoms with Crippen molar-refractivity contribution in [1.82, 2.24) is 10.4 Å². The van der Waals surface area contributed by atoms with E-state index in [1.54, 1.807) is 55.7 Å². The average Bonchev–Trinajstić information content (AvgIpc) is 2.96. The number of halogens is 1. The maximum Gasteiger partial charge on any atom is 0.285 e. The van der Waals surface area contributed by atoms with E-state index < -0.39 is 11.8 Å². The Morgan fingerprint density at radius 3 is 2.54 bits per heavy atom. The average molecular weight is 435 g/mol. The van der Waals surface area contributed by atoms with Gasteiger partial charge in [-0.25, -0.2) is 0 Å². The van der Waals surface area contributed by atoms with E-state index in [9.17, 15) is 9.59 Å². The molecule has 3 rings (SSSR count). The molecule has 0 spiro atoms. The van der Waals surface area contributed by atoms with Crippen LogP contribution in [0.2, 0.25) is 5.02 Å². The predicted molar refractivity (Wildman–Crippen MR) is 113 cm³/mol. The normalized spacial score (nSPS) is 15.1. The monoisotopic (exact) mass is 434 g/mol. The van der Waals surface area contributed by atoms with Crippen LogP contribution in [0.1, 0.15) is 15.9 Å². The Hall–Kier alpha value is -2.55. The van der Waals surface area contributed by atoms with Crippen molar-refractivity contribution in [2.75, 3.05) is 14.2 Å². The number of benzene rings is 2. The number of carbonyl (C=O) groups excluding carboxylic acids is 2. The van der Waals surface area contributed by atoms with Gasteiger partial charge in [0, 0.05) is 22.2 Å². The fraction of sp³-hybridized carbons (Fsp3) is 0.105. The first kappa shape index (κ1) is 20.2. The summed E-state index contributed by atoms with van der Waals surface area (Å²) in [4.78, 5) is 25.4. The summed E-state index contributed by atoms with van der Waals surface area (Å²) in [7, 11) is 3.09. The molecule has 0 atom stereocenters. The molecule has 1 fully saturated rings. The van der Waals surface area contributed by atoms with Gasteiger partial charge in [-0.05, 0) is 54.7 Å². The van der Waals surface area contributed by atoms with Crippen molar-refractivity contribution in [2.24, 2.45) is 0 Å². The summed E-state index contributed by atoms with van der Waals surface area (Å²) in [6.45, 7) is 0. The van der Waals surface area contributed by atoms with Crippen LogP contribution in [-0.2, 0) is 4.79 Å². The number of thioether (sulfide) groups is 1. The highest BCUT2D eigenvalue weighted by atomic mass is 35.5. The van der Waals surface area contributed by atoms with Gasteiger partial charge in [0.05, 0.1) is 19.1 Å². The zero-order chi connectivity index (χ0) is 20.3. The van der Waals surface area contributed by atoms with Crippen molar-refractivity contribution in [3.63, 3.8) is 0 Å². The third kappa shape index (κ3) is 4.30. The summed E-state index contributed by atoms with van der Waals surface area (Å²) in [5.41, 5.74) is 3.57. The number of rotatable bonds is 5. The molecule has 1 N–H and O–H groups in total. The molecule has 9 heteroatoms. The number of methoxy groups -OCH3 is 2. The van der Waals surface area contributed by atoms with Gasteiger partial charge in [-0.15, -0.1) is 0 Å². The van der Waals surface area contributed by atoms with Crippen molar-refractivity contribution in [3.05, 3.63) is 63.5 Å². The van der Waals surface area contributed by atoms with Crippen molar-refractivity contribution in [2.45, 2.75) is 0 Å². The molecular weight excluding hydrogens is 420 g/mol. The highest BCUT2D eigenvalue weighted by Crippen LogP contribution is 2.34. The SMILES string of the molecule is COc1ccc(/C=C2\SC(=S)N(NC(=O)c3ccc(Cl)cc3)C2=O)c(OC)c1. The number of hydrazine groups is 1. The third-order valence-electron chi connectivity index (χ3n) is 3.84. The zero-order valence-corrected chi connectivity index (χ0v) is 17.3. The molecule has 144 valence electrons. The molecule has 28 heavy (non-hydrogen) atoms. The van der Waals surface area contributed by atoms with Gasteiger partial charge >= 0.3 is 0 Å². The minimum absolute atomic E-state index is 0.228. The Balaban J connectivity index is 1.80. The number of hydrogen-bond donors (Lipinski definition) is 1. The van der Waals surface area contributed by atoms with E-state index in [1.807, 2.05) is 0 Å². The van der Waals surface area contributed by atoms with Gasteiger partial charge in [0.25, 0.3) is 11.8 Å². The first-order valence-corrected chi connectivity index (χ1v) is 9.59. The fourth-order valence-electron chi connectivity index (χ4n) is 2.41. The summed E-state index contributed by atoms with van der Waals surface area (Å²) in [6, 6.07) is 11.6. The molecule has 0 unspecified atom stereocenters. The van der Waals surface area contributed by atoms with Crippen molar-refractivity contribution >= 4 is 57.8 Å². The molecule has 1 aliphatic heterocycles. The van der Waals surface area contributed by atoms with Crippen LogP contribution in [-0.4, -0.2) is 35.4 Å². The van der Waals surface area contributed by atoms with Gasteiger partial charge in [-0.3, -0.25) is 15.0 Å². The molecule has 2 aromatic carbocycles. The molecule has 0 aromatic heterocycles. The van der Waals surface area contributed by atoms with Gasteiger partial charge in [-0.2, -0.15) is 5.01 Å². The molecule has 1 saturated heterocycles.